The molecule has 0 bridgehead atoms. The first kappa shape index (κ1) is 17.7. The third kappa shape index (κ3) is 5.80. The summed E-state index contributed by atoms with van der Waals surface area (Å²) < 4.78 is 14.2. The van der Waals surface area contributed by atoms with Gasteiger partial charge in [-0.05, 0) is 31.0 Å². The second kappa shape index (κ2) is 8.83. The molecule has 1 amide bonds. The first-order valence-corrected chi connectivity index (χ1v) is 9.15. The molecule has 0 saturated carbocycles. The van der Waals surface area contributed by atoms with Gasteiger partial charge in [0.15, 0.2) is 4.34 Å². The van der Waals surface area contributed by atoms with Crippen molar-refractivity contribution < 1.29 is 9.18 Å². The van der Waals surface area contributed by atoms with E-state index in [4.69, 9.17) is 0 Å². The molecule has 0 spiro atoms. The summed E-state index contributed by atoms with van der Waals surface area (Å²) in [5.74, 6) is -0.324. The van der Waals surface area contributed by atoms with Gasteiger partial charge in [0.05, 0.1) is 5.75 Å². The van der Waals surface area contributed by atoms with Crippen LogP contribution >= 0.6 is 23.1 Å². The molecule has 8 heteroatoms. The molecule has 0 fully saturated rings. The molecule has 0 saturated heterocycles. The number of halogens is 1. The summed E-state index contributed by atoms with van der Waals surface area (Å²) in [5, 5.41) is 14.7. The molecule has 2 N–H and O–H groups in total. The molecule has 1 aromatic heterocycles. The van der Waals surface area contributed by atoms with Crippen LogP contribution in [0.25, 0.3) is 0 Å². The van der Waals surface area contributed by atoms with E-state index in [9.17, 15) is 9.18 Å². The normalized spacial score (nSPS) is 10.6. The number of hydrogen-bond donors (Lipinski definition) is 2. The summed E-state index contributed by atoms with van der Waals surface area (Å²) in [7, 11) is 0. The first-order valence-electron chi connectivity index (χ1n) is 7.34. The monoisotopic (exact) mass is 354 g/mol. The molecule has 5 nitrogen and oxygen atoms in total. The molecule has 0 aliphatic rings. The smallest absolute Gasteiger partial charge is 0.234 e. The summed E-state index contributed by atoms with van der Waals surface area (Å²) in [6.45, 7) is 4.68. The minimum atomic E-state index is -0.331. The zero-order chi connectivity index (χ0) is 16.7. The number of benzene rings is 1. The second-order valence-corrected chi connectivity index (χ2v) is 7.15. The van der Waals surface area contributed by atoms with Gasteiger partial charge >= 0.3 is 0 Å². The number of anilines is 2. The summed E-state index contributed by atoms with van der Waals surface area (Å²) in [6, 6.07) is 4.64. The molecule has 2 rings (SSSR count). The highest BCUT2D eigenvalue weighted by atomic mass is 32.2. The SMILES string of the molecule is CCCCNc1nnc(SCC(=O)Nc2ccc(C)c(F)c2)s1. The molecule has 1 heterocycles. The minimum Gasteiger partial charge on any atom is -0.360 e. The van der Waals surface area contributed by atoms with E-state index in [1.165, 1.54) is 29.2 Å². The van der Waals surface area contributed by atoms with Crippen LogP contribution in [0.3, 0.4) is 0 Å². The fourth-order valence-electron chi connectivity index (χ4n) is 1.71. The third-order valence-corrected chi connectivity index (χ3v) is 5.01. The van der Waals surface area contributed by atoms with E-state index < -0.39 is 0 Å². The highest BCUT2D eigenvalue weighted by Gasteiger charge is 2.09. The standard InChI is InChI=1S/C15H19FN4OS2/c1-3-4-7-17-14-19-20-15(23-14)22-9-13(21)18-11-6-5-10(2)12(16)8-11/h5-6,8H,3-4,7,9H2,1-2H3,(H,17,19)(H,18,21). The van der Waals surface area contributed by atoms with Gasteiger partial charge in [-0.1, -0.05) is 42.5 Å². The Balaban J connectivity index is 1.78. The summed E-state index contributed by atoms with van der Waals surface area (Å²) in [5.41, 5.74) is 1.01. The van der Waals surface area contributed by atoms with Gasteiger partial charge in [-0.2, -0.15) is 0 Å². The summed E-state index contributed by atoms with van der Waals surface area (Å²) >= 11 is 2.74. The second-order valence-electron chi connectivity index (χ2n) is 4.95. The van der Waals surface area contributed by atoms with Crippen molar-refractivity contribution in [1.82, 2.24) is 10.2 Å². The Bertz CT molecular complexity index is 663. The van der Waals surface area contributed by atoms with E-state index in [1.807, 2.05) is 0 Å². The van der Waals surface area contributed by atoms with E-state index in [1.54, 1.807) is 19.1 Å². The fourth-order valence-corrected chi connectivity index (χ4v) is 3.28. The van der Waals surface area contributed by atoms with Gasteiger partial charge in [0.1, 0.15) is 5.82 Å². The van der Waals surface area contributed by atoms with Crippen LogP contribution in [0, 0.1) is 12.7 Å². The predicted octanol–water partition coefficient (Wildman–Crippen LogP) is 3.93. The Morgan fingerprint density at radius 1 is 1.39 bits per heavy atom. The van der Waals surface area contributed by atoms with Crippen LogP contribution in [-0.4, -0.2) is 28.4 Å². The number of aryl methyl sites for hydroxylation is 1. The Hall–Kier alpha value is -1.67. The number of aromatic nitrogens is 2. The maximum absolute atomic E-state index is 13.4. The third-order valence-electron chi connectivity index (χ3n) is 3.00. The van der Waals surface area contributed by atoms with Crippen molar-refractivity contribution in [1.29, 1.82) is 0 Å². The number of thioether (sulfide) groups is 1. The van der Waals surface area contributed by atoms with Gasteiger partial charge in [-0.15, -0.1) is 10.2 Å². The zero-order valence-electron chi connectivity index (χ0n) is 13.1. The van der Waals surface area contributed by atoms with Gasteiger partial charge in [-0.25, -0.2) is 4.39 Å². The van der Waals surface area contributed by atoms with Gasteiger partial charge in [0.25, 0.3) is 0 Å². The average molecular weight is 354 g/mol. The molecule has 0 unspecified atom stereocenters. The highest BCUT2D eigenvalue weighted by Crippen LogP contribution is 2.25. The average Bonchev–Trinajstić information content (AvgIpc) is 2.97. The lowest BCUT2D eigenvalue weighted by Crippen LogP contribution is -2.14. The maximum Gasteiger partial charge on any atom is 0.234 e. The van der Waals surface area contributed by atoms with Crippen molar-refractivity contribution in [2.45, 2.75) is 31.0 Å². The molecule has 0 atom stereocenters. The number of carbonyl (C=O) groups excluding carboxylic acids is 1. The van der Waals surface area contributed by atoms with Crippen LogP contribution in [0.5, 0.6) is 0 Å². The number of unbranched alkanes of at least 4 members (excludes halogenated alkanes) is 1. The van der Waals surface area contributed by atoms with Crippen molar-refractivity contribution >= 4 is 39.8 Å². The van der Waals surface area contributed by atoms with Crippen LogP contribution in [-0.2, 0) is 4.79 Å². The zero-order valence-corrected chi connectivity index (χ0v) is 14.7. The number of amides is 1. The van der Waals surface area contributed by atoms with Crippen molar-refractivity contribution in [3.63, 3.8) is 0 Å². The Kier molecular flexibility index (Phi) is 6.79. The molecule has 1 aromatic carbocycles. The number of carbonyl (C=O) groups is 1. The molecule has 0 radical (unpaired) electrons. The van der Waals surface area contributed by atoms with Crippen LogP contribution in [0.15, 0.2) is 22.5 Å². The lowest BCUT2D eigenvalue weighted by Gasteiger charge is -2.05. The molecular weight excluding hydrogens is 335 g/mol. The summed E-state index contributed by atoms with van der Waals surface area (Å²) in [6.07, 6.45) is 2.20. The maximum atomic E-state index is 13.4. The number of hydrogen-bond acceptors (Lipinski definition) is 6. The van der Waals surface area contributed by atoms with Gasteiger partial charge < -0.3 is 10.6 Å². The minimum absolute atomic E-state index is 0.200. The first-order chi connectivity index (χ1) is 11.1. The van der Waals surface area contributed by atoms with Crippen LogP contribution in [0.1, 0.15) is 25.3 Å². The summed E-state index contributed by atoms with van der Waals surface area (Å²) in [4.78, 5) is 11.9. The van der Waals surface area contributed by atoms with Gasteiger partial charge in [0.2, 0.25) is 11.0 Å². The van der Waals surface area contributed by atoms with Gasteiger partial charge in [-0.3, -0.25) is 4.79 Å². The van der Waals surface area contributed by atoms with E-state index in [0.29, 0.717) is 11.3 Å². The van der Waals surface area contributed by atoms with Crippen LogP contribution < -0.4 is 10.6 Å². The largest absolute Gasteiger partial charge is 0.360 e. The van der Waals surface area contributed by atoms with Crippen LogP contribution in [0.2, 0.25) is 0 Å². The quantitative estimate of drug-likeness (QED) is 0.555. The van der Waals surface area contributed by atoms with Gasteiger partial charge in [0, 0.05) is 12.2 Å². The highest BCUT2D eigenvalue weighted by molar-refractivity contribution is 8.01. The molecule has 2 aromatic rings. The van der Waals surface area contributed by atoms with Crippen molar-refractivity contribution in [2.24, 2.45) is 0 Å². The molecule has 23 heavy (non-hydrogen) atoms. The van der Waals surface area contributed by atoms with Crippen LogP contribution in [0.4, 0.5) is 15.2 Å². The number of nitrogens with one attached hydrogen (secondary N) is 2. The van der Waals surface area contributed by atoms with Crippen molar-refractivity contribution in [3.8, 4) is 0 Å². The molecular formula is C15H19FN4OS2. The van der Waals surface area contributed by atoms with E-state index in [-0.39, 0.29) is 17.5 Å². The van der Waals surface area contributed by atoms with E-state index >= 15 is 0 Å². The Labute approximate surface area is 143 Å². The van der Waals surface area contributed by atoms with Crippen molar-refractivity contribution in [3.05, 3.63) is 29.6 Å². The number of rotatable bonds is 8. The lowest BCUT2D eigenvalue weighted by molar-refractivity contribution is -0.113. The molecule has 124 valence electrons. The van der Waals surface area contributed by atoms with E-state index in [0.717, 1.165) is 28.9 Å². The number of nitrogens with zero attached hydrogens (tertiary/aromatic N) is 2. The Morgan fingerprint density at radius 3 is 2.96 bits per heavy atom. The molecule has 0 aliphatic heterocycles. The Morgan fingerprint density at radius 2 is 2.22 bits per heavy atom. The van der Waals surface area contributed by atoms with E-state index in [2.05, 4.69) is 27.8 Å². The lowest BCUT2D eigenvalue weighted by atomic mass is 10.2. The van der Waals surface area contributed by atoms with Crippen molar-refractivity contribution in [2.75, 3.05) is 22.9 Å². The topological polar surface area (TPSA) is 66.9 Å². The fraction of sp³-hybridized carbons (Fsp3) is 0.400. The predicted molar refractivity (Wildman–Crippen MR) is 93.8 cm³/mol. The molecule has 0 aliphatic carbocycles.